The van der Waals surface area contributed by atoms with Gasteiger partial charge in [-0.25, -0.2) is 0 Å². The summed E-state index contributed by atoms with van der Waals surface area (Å²) in [5, 5.41) is 13.7. The standard InChI is InChI=1S/C16H28N4O/c1-11-15(12(2)20-19-11)9-6-10-17-13(3)16(21)18-14-7-4-5-8-14/h13-14,17H,4-10H2,1-3H3,(H,18,21)(H,19,20). The van der Waals surface area contributed by atoms with Crippen molar-refractivity contribution in [3.63, 3.8) is 0 Å². The smallest absolute Gasteiger partial charge is 0.237 e. The summed E-state index contributed by atoms with van der Waals surface area (Å²) in [5.74, 6) is 0.137. The van der Waals surface area contributed by atoms with Crippen molar-refractivity contribution < 1.29 is 4.79 Å². The molecule has 1 heterocycles. The Bertz CT molecular complexity index is 443. The van der Waals surface area contributed by atoms with Crippen molar-refractivity contribution >= 4 is 5.91 Å². The molecule has 3 N–H and O–H groups in total. The van der Waals surface area contributed by atoms with Gasteiger partial charge in [-0.05, 0) is 58.6 Å². The summed E-state index contributed by atoms with van der Waals surface area (Å²) in [6.45, 7) is 6.88. The molecule has 1 fully saturated rings. The fourth-order valence-electron chi connectivity index (χ4n) is 3.02. The van der Waals surface area contributed by atoms with Crippen LogP contribution < -0.4 is 10.6 Å². The molecule has 1 unspecified atom stereocenters. The third-order valence-corrected chi connectivity index (χ3v) is 4.43. The summed E-state index contributed by atoms with van der Waals surface area (Å²) in [6, 6.07) is 0.287. The van der Waals surface area contributed by atoms with E-state index in [1.165, 1.54) is 18.4 Å². The summed E-state index contributed by atoms with van der Waals surface area (Å²) in [6.07, 6.45) is 6.78. The van der Waals surface area contributed by atoms with E-state index in [1.54, 1.807) is 0 Å². The highest BCUT2D eigenvalue weighted by molar-refractivity contribution is 5.81. The summed E-state index contributed by atoms with van der Waals surface area (Å²) in [4.78, 5) is 12.0. The van der Waals surface area contributed by atoms with Gasteiger partial charge in [-0.2, -0.15) is 5.10 Å². The Morgan fingerprint density at radius 3 is 2.71 bits per heavy atom. The third kappa shape index (κ3) is 4.56. The third-order valence-electron chi connectivity index (χ3n) is 4.43. The maximum atomic E-state index is 12.0. The van der Waals surface area contributed by atoms with Crippen LogP contribution in [-0.4, -0.2) is 34.7 Å². The second kappa shape index (κ2) is 7.59. The van der Waals surface area contributed by atoms with Crippen LogP contribution in [0.4, 0.5) is 0 Å². The lowest BCUT2D eigenvalue weighted by Gasteiger charge is -2.17. The van der Waals surface area contributed by atoms with E-state index in [9.17, 15) is 4.79 Å². The van der Waals surface area contributed by atoms with Gasteiger partial charge in [-0.3, -0.25) is 9.89 Å². The molecule has 1 aliphatic carbocycles. The van der Waals surface area contributed by atoms with Crippen LogP contribution in [0.15, 0.2) is 0 Å². The largest absolute Gasteiger partial charge is 0.352 e. The first-order valence-electron chi connectivity index (χ1n) is 8.12. The molecular weight excluding hydrogens is 264 g/mol. The van der Waals surface area contributed by atoms with Gasteiger partial charge < -0.3 is 10.6 Å². The van der Waals surface area contributed by atoms with Crippen LogP contribution in [0.1, 0.15) is 56.0 Å². The SMILES string of the molecule is Cc1n[nH]c(C)c1CCCNC(C)C(=O)NC1CCCC1. The van der Waals surface area contributed by atoms with E-state index >= 15 is 0 Å². The zero-order chi connectivity index (χ0) is 15.2. The topological polar surface area (TPSA) is 69.8 Å². The number of aromatic nitrogens is 2. The zero-order valence-electron chi connectivity index (χ0n) is 13.5. The molecule has 21 heavy (non-hydrogen) atoms. The molecule has 2 rings (SSSR count). The minimum absolute atomic E-state index is 0.114. The zero-order valence-corrected chi connectivity index (χ0v) is 13.5. The van der Waals surface area contributed by atoms with Crippen LogP contribution in [0, 0.1) is 13.8 Å². The maximum absolute atomic E-state index is 12.0. The Kier molecular flexibility index (Phi) is 5.79. The number of amides is 1. The molecule has 0 aromatic carbocycles. The molecular formula is C16H28N4O. The van der Waals surface area contributed by atoms with E-state index in [-0.39, 0.29) is 11.9 Å². The molecule has 5 nitrogen and oxygen atoms in total. The number of nitrogens with zero attached hydrogens (tertiary/aromatic N) is 1. The minimum atomic E-state index is -0.114. The lowest BCUT2D eigenvalue weighted by atomic mass is 10.1. The van der Waals surface area contributed by atoms with Crippen molar-refractivity contribution in [3.8, 4) is 0 Å². The van der Waals surface area contributed by atoms with Crippen LogP contribution in [-0.2, 0) is 11.2 Å². The van der Waals surface area contributed by atoms with Gasteiger partial charge in [0.05, 0.1) is 11.7 Å². The number of nitrogens with one attached hydrogen (secondary N) is 3. The Labute approximate surface area is 127 Å². The molecule has 0 bridgehead atoms. The van der Waals surface area contributed by atoms with Crippen molar-refractivity contribution in [3.05, 3.63) is 17.0 Å². The summed E-state index contributed by atoms with van der Waals surface area (Å²) in [5.41, 5.74) is 3.54. The molecule has 1 amide bonds. The van der Waals surface area contributed by atoms with Gasteiger partial charge in [0.25, 0.3) is 0 Å². The lowest BCUT2D eigenvalue weighted by molar-refractivity contribution is -0.123. The maximum Gasteiger partial charge on any atom is 0.237 e. The van der Waals surface area contributed by atoms with Gasteiger partial charge >= 0.3 is 0 Å². The van der Waals surface area contributed by atoms with Gasteiger partial charge in [0.15, 0.2) is 0 Å². The van der Waals surface area contributed by atoms with Crippen LogP contribution in [0.5, 0.6) is 0 Å². The van der Waals surface area contributed by atoms with Gasteiger partial charge in [0, 0.05) is 11.7 Å². The van der Waals surface area contributed by atoms with E-state index in [0.29, 0.717) is 6.04 Å². The van der Waals surface area contributed by atoms with Crippen molar-refractivity contribution in [2.24, 2.45) is 0 Å². The van der Waals surface area contributed by atoms with E-state index < -0.39 is 0 Å². The Hall–Kier alpha value is -1.36. The molecule has 1 saturated carbocycles. The number of hydrogen-bond acceptors (Lipinski definition) is 3. The fraction of sp³-hybridized carbons (Fsp3) is 0.750. The number of hydrogen-bond donors (Lipinski definition) is 3. The van der Waals surface area contributed by atoms with Crippen molar-refractivity contribution in [2.75, 3.05) is 6.54 Å². The quantitative estimate of drug-likeness (QED) is 0.673. The van der Waals surface area contributed by atoms with Gasteiger partial charge in [-0.1, -0.05) is 12.8 Å². The first-order valence-corrected chi connectivity index (χ1v) is 8.12. The van der Waals surface area contributed by atoms with Crippen LogP contribution in [0.25, 0.3) is 0 Å². The van der Waals surface area contributed by atoms with Crippen molar-refractivity contribution in [1.29, 1.82) is 0 Å². The molecule has 0 spiro atoms. The Balaban J connectivity index is 1.64. The first kappa shape index (κ1) is 16.0. The molecule has 118 valence electrons. The molecule has 1 atom stereocenters. The molecule has 1 aliphatic rings. The minimum Gasteiger partial charge on any atom is -0.352 e. The van der Waals surface area contributed by atoms with E-state index in [2.05, 4.69) is 27.8 Å². The molecule has 1 aromatic rings. The van der Waals surface area contributed by atoms with Crippen LogP contribution >= 0.6 is 0 Å². The highest BCUT2D eigenvalue weighted by atomic mass is 16.2. The molecule has 0 saturated heterocycles. The second-order valence-electron chi connectivity index (χ2n) is 6.18. The number of carbonyl (C=O) groups excluding carboxylic acids is 1. The predicted octanol–water partition coefficient (Wildman–Crippen LogP) is 2.00. The Morgan fingerprint density at radius 2 is 2.10 bits per heavy atom. The fourth-order valence-corrected chi connectivity index (χ4v) is 3.02. The number of H-pyrrole nitrogens is 1. The van der Waals surface area contributed by atoms with Gasteiger partial charge in [-0.15, -0.1) is 0 Å². The van der Waals surface area contributed by atoms with E-state index in [1.807, 2.05) is 13.8 Å². The van der Waals surface area contributed by atoms with Gasteiger partial charge in [0.1, 0.15) is 0 Å². The van der Waals surface area contributed by atoms with Gasteiger partial charge in [0.2, 0.25) is 5.91 Å². The summed E-state index contributed by atoms with van der Waals surface area (Å²) in [7, 11) is 0. The van der Waals surface area contributed by atoms with Crippen molar-refractivity contribution in [1.82, 2.24) is 20.8 Å². The van der Waals surface area contributed by atoms with Crippen molar-refractivity contribution in [2.45, 2.75) is 71.4 Å². The summed E-state index contributed by atoms with van der Waals surface area (Å²) >= 11 is 0. The van der Waals surface area contributed by atoms with Crippen LogP contribution in [0.3, 0.4) is 0 Å². The molecule has 5 heteroatoms. The number of carbonyl (C=O) groups is 1. The highest BCUT2D eigenvalue weighted by Crippen LogP contribution is 2.17. The normalized spacial score (nSPS) is 17.1. The molecule has 1 aromatic heterocycles. The number of rotatable bonds is 7. The van der Waals surface area contributed by atoms with E-state index in [0.717, 1.165) is 43.6 Å². The number of aromatic amines is 1. The molecule has 0 aliphatic heterocycles. The second-order valence-corrected chi connectivity index (χ2v) is 6.18. The highest BCUT2D eigenvalue weighted by Gasteiger charge is 2.20. The first-order chi connectivity index (χ1) is 10.1. The number of aryl methyl sites for hydroxylation is 2. The van der Waals surface area contributed by atoms with E-state index in [4.69, 9.17) is 0 Å². The summed E-state index contributed by atoms with van der Waals surface area (Å²) < 4.78 is 0. The Morgan fingerprint density at radius 1 is 1.38 bits per heavy atom. The lowest BCUT2D eigenvalue weighted by Crippen LogP contribution is -2.45. The predicted molar refractivity (Wildman–Crippen MR) is 84.2 cm³/mol. The molecule has 0 radical (unpaired) electrons. The average Bonchev–Trinajstić information content (AvgIpc) is 3.07. The average molecular weight is 292 g/mol. The monoisotopic (exact) mass is 292 g/mol. The van der Waals surface area contributed by atoms with Crippen LogP contribution in [0.2, 0.25) is 0 Å².